The molecule has 0 saturated carbocycles. The summed E-state index contributed by atoms with van der Waals surface area (Å²) in [5.41, 5.74) is 6.17. The molecule has 0 heterocycles. The second-order valence-electron chi connectivity index (χ2n) is 4.06. The van der Waals surface area contributed by atoms with Crippen molar-refractivity contribution in [2.75, 3.05) is 6.54 Å². The molecule has 0 spiro atoms. The molecule has 0 aliphatic heterocycles. The van der Waals surface area contributed by atoms with Gasteiger partial charge in [-0.15, -0.1) is 12.4 Å². The van der Waals surface area contributed by atoms with E-state index in [4.69, 9.17) is 17.3 Å². The zero-order chi connectivity index (χ0) is 12.8. The van der Waals surface area contributed by atoms with Gasteiger partial charge < -0.3 is 16.2 Å². The van der Waals surface area contributed by atoms with E-state index in [1.165, 1.54) is 0 Å². The number of carbonyl (C=O) groups is 1. The van der Waals surface area contributed by atoms with Gasteiger partial charge in [-0.2, -0.15) is 0 Å². The molecule has 0 aliphatic carbocycles. The summed E-state index contributed by atoms with van der Waals surface area (Å²) in [6, 6.07) is 6.73. The van der Waals surface area contributed by atoms with E-state index in [9.17, 15) is 9.90 Å². The van der Waals surface area contributed by atoms with Crippen LogP contribution in [0.3, 0.4) is 0 Å². The van der Waals surface area contributed by atoms with E-state index >= 15 is 0 Å². The van der Waals surface area contributed by atoms with Crippen molar-refractivity contribution in [1.82, 2.24) is 5.32 Å². The summed E-state index contributed by atoms with van der Waals surface area (Å²) >= 11 is 5.81. The summed E-state index contributed by atoms with van der Waals surface area (Å²) in [6.07, 6.45) is -0.506. The van der Waals surface area contributed by atoms with Gasteiger partial charge in [0.15, 0.2) is 0 Å². The van der Waals surface area contributed by atoms with Crippen LogP contribution < -0.4 is 11.1 Å². The average Bonchev–Trinajstić information content (AvgIpc) is 2.25. The summed E-state index contributed by atoms with van der Waals surface area (Å²) < 4.78 is 0. The highest BCUT2D eigenvalue weighted by atomic mass is 35.5. The number of hydrogen-bond acceptors (Lipinski definition) is 3. The smallest absolute Gasteiger partial charge is 0.221 e. The Morgan fingerprint density at radius 3 is 2.78 bits per heavy atom. The molecule has 0 fully saturated rings. The van der Waals surface area contributed by atoms with Crippen molar-refractivity contribution in [1.29, 1.82) is 0 Å². The Hall–Kier alpha value is -0.810. The van der Waals surface area contributed by atoms with Crippen LogP contribution in [0.4, 0.5) is 0 Å². The van der Waals surface area contributed by atoms with Gasteiger partial charge in [0.1, 0.15) is 0 Å². The van der Waals surface area contributed by atoms with Crippen molar-refractivity contribution in [3.8, 4) is 0 Å². The Kier molecular flexibility index (Phi) is 7.95. The SMILES string of the molecule is CC(N)CC(=O)NCC(O)c1cccc(Cl)c1.Cl. The number of hydrogen-bond donors (Lipinski definition) is 3. The summed E-state index contributed by atoms with van der Waals surface area (Å²) in [5.74, 6) is -0.166. The van der Waals surface area contributed by atoms with Crippen LogP contribution in [0.2, 0.25) is 5.02 Å². The number of aliphatic hydroxyl groups is 1. The first-order chi connectivity index (χ1) is 7.99. The van der Waals surface area contributed by atoms with E-state index < -0.39 is 6.10 Å². The maximum Gasteiger partial charge on any atom is 0.221 e. The molecule has 2 unspecified atom stereocenters. The lowest BCUT2D eigenvalue weighted by Crippen LogP contribution is -2.32. The topological polar surface area (TPSA) is 75.4 Å². The Bertz CT molecular complexity index is 386. The number of rotatable bonds is 5. The van der Waals surface area contributed by atoms with Gasteiger partial charge in [0.05, 0.1) is 6.10 Å². The lowest BCUT2D eigenvalue weighted by molar-refractivity contribution is -0.121. The number of nitrogens with two attached hydrogens (primary N) is 1. The fourth-order valence-corrected chi connectivity index (χ4v) is 1.61. The Labute approximate surface area is 118 Å². The van der Waals surface area contributed by atoms with Gasteiger partial charge in [-0.3, -0.25) is 4.79 Å². The first-order valence-electron chi connectivity index (χ1n) is 5.45. The number of aliphatic hydroxyl groups excluding tert-OH is 1. The average molecular weight is 293 g/mol. The van der Waals surface area contributed by atoms with Crippen LogP contribution in [0.1, 0.15) is 25.0 Å². The number of carbonyl (C=O) groups excluding carboxylic acids is 1. The molecule has 4 N–H and O–H groups in total. The van der Waals surface area contributed by atoms with Crippen LogP contribution >= 0.6 is 24.0 Å². The molecule has 4 nitrogen and oxygen atoms in total. The molecular formula is C12H18Cl2N2O2. The van der Waals surface area contributed by atoms with Gasteiger partial charge in [-0.05, 0) is 24.6 Å². The molecule has 0 bridgehead atoms. The van der Waals surface area contributed by atoms with Crippen LogP contribution in [0.15, 0.2) is 24.3 Å². The normalized spacial score (nSPS) is 13.3. The van der Waals surface area contributed by atoms with Crippen molar-refractivity contribution in [2.45, 2.75) is 25.5 Å². The van der Waals surface area contributed by atoms with Crippen LogP contribution in [0.5, 0.6) is 0 Å². The van der Waals surface area contributed by atoms with Gasteiger partial charge >= 0.3 is 0 Å². The van der Waals surface area contributed by atoms with Gasteiger partial charge in [0.2, 0.25) is 5.91 Å². The molecule has 1 aromatic carbocycles. The van der Waals surface area contributed by atoms with Crippen molar-refractivity contribution >= 4 is 29.9 Å². The minimum Gasteiger partial charge on any atom is -0.387 e. The highest BCUT2D eigenvalue weighted by molar-refractivity contribution is 6.30. The summed E-state index contributed by atoms with van der Waals surface area (Å²) in [5, 5.41) is 13.0. The fraction of sp³-hybridized carbons (Fsp3) is 0.417. The minimum absolute atomic E-state index is 0. The molecule has 1 rings (SSSR count). The van der Waals surface area contributed by atoms with E-state index in [2.05, 4.69) is 5.32 Å². The Balaban J connectivity index is 0.00000289. The maximum absolute atomic E-state index is 11.3. The van der Waals surface area contributed by atoms with E-state index in [0.29, 0.717) is 10.6 Å². The first kappa shape index (κ1) is 17.2. The van der Waals surface area contributed by atoms with E-state index in [0.717, 1.165) is 0 Å². The molecule has 102 valence electrons. The van der Waals surface area contributed by atoms with Gasteiger partial charge in [-0.1, -0.05) is 23.7 Å². The summed E-state index contributed by atoms with van der Waals surface area (Å²) in [4.78, 5) is 11.3. The van der Waals surface area contributed by atoms with Gasteiger partial charge in [0, 0.05) is 24.0 Å². The molecule has 2 atom stereocenters. The molecule has 0 radical (unpaired) electrons. The monoisotopic (exact) mass is 292 g/mol. The quantitative estimate of drug-likeness (QED) is 0.772. The zero-order valence-electron chi connectivity index (χ0n) is 10.1. The van der Waals surface area contributed by atoms with Crippen LogP contribution in [0, 0.1) is 0 Å². The standard InChI is InChI=1S/C12H17ClN2O2.ClH/c1-8(14)5-12(17)15-7-11(16)9-3-2-4-10(13)6-9;/h2-4,6,8,11,16H,5,7,14H2,1H3,(H,15,17);1H. The van der Waals surface area contributed by atoms with Crippen molar-refractivity contribution < 1.29 is 9.90 Å². The molecule has 0 aliphatic rings. The predicted molar refractivity (Wildman–Crippen MR) is 74.9 cm³/mol. The first-order valence-corrected chi connectivity index (χ1v) is 5.82. The summed E-state index contributed by atoms with van der Waals surface area (Å²) in [6.45, 7) is 1.92. The molecule has 18 heavy (non-hydrogen) atoms. The zero-order valence-corrected chi connectivity index (χ0v) is 11.7. The molecule has 1 amide bonds. The number of amides is 1. The molecular weight excluding hydrogens is 275 g/mol. The Morgan fingerprint density at radius 2 is 2.22 bits per heavy atom. The van der Waals surface area contributed by atoms with E-state index in [1.54, 1.807) is 31.2 Å². The third-order valence-corrected chi connectivity index (χ3v) is 2.47. The third-order valence-electron chi connectivity index (χ3n) is 2.23. The second kappa shape index (κ2) is 8.32. The highest BCUT2D eigenvalue weighted by Gasteiger charge is 2.10. The van der Waals surface area contributed by atoms with Gasteiger partial charge in [0.25, 0.3) is 0 Å². The molecule has 0 aromatic heterocycles. The Morgan fingerprint density at radius 1 is 1.56 bits per heavy atom. The van der Waals surface area contributed by atoms with Crippen molar-refractivity contribution in [3.05, 3.63) is 34.9 Å². The maximum atomic E-state index is 11.3. The summed E-state index contributed by atoms with van der Waals surface area (Å²) in [7, 11) is 0. The number of benzene rings is 1. The van der Waals surface area contributed by atoms with Gasteiger partial charge in [-0.25, -0.2) is 0 Å². The number of nitrogens with one attached hydrogen (secondary N) is 1. The third kappa shape index (κ3) is 6.21. The van der Waals surface area contributed by atoms with Crippen molar-refractivity contribution in [3.63, 3.8) is 0 Å². The van der Waals surface area contributed by atoms with Crippen LogP contribution in [-0.2, 0) is 4.79 Å². The van der Waals surface area contributed by atoms with Crippen LogP contribution in [-0.4, -0.2) is 23.6 Å². The predicted octanol–water partition coefficient (Wildman–Crippen LogP) is 1.65. The highest BCUT2D eigenvalue weighted by Crippen LogP contribution is 2.16. The largest absolute Gasteiger partial charge is 0.387 e. The van der Waals surface area contributed by atoms with Crippen molar-refractivity contribution in [2.24, 2.45) is 5.73 Å². The minimum atomic E-state index is -0.759. The molecule has 0 saturated heterocycles. The second-order valence-corrected chi connectivity index (χ2v) is 4.49. The van der Waals surface area contributed by atoms with Crippen LogP contribution in [0.25, 0.3) is 0 Å². The molecule has 6 heteroatoms. The lowest BCUT2D eigenvalue weighted by Gasteiger charge is -2.13. The van der Waals surface area contributed by atoms with E-state index in [-0.39, 0.29) is 37.3 Å². The lowest BCUT2D eigenvalue weighted by atomic mass is 10.1. The number of halogens is 2. The fourth-order valence-electron chi connectivity index (χ4n) is 1.41. The van der Waals surface area contributed by atoms with E-state index in [1.807, 2.05) is 0 Å². The molecule has 1 aromatic rings.